The maximum atomic E-state index is 5.79. The molecule has 66 valence electrons. The van der Waals surface area contributed by atoms with Crippen LogP contribution in [0.2, 0.25) is 0 Å². The molecule has 1 aromatic heterocycles. The molecule has 0 radical (unpaired) electrons. The van der Waals surface area contributed by atoms with E-state index in [9.17, 15) is 0 Å². The zero-order valence-electron chi connectivity index (χ0n) is 7.75. The average molecular weight is 164 g/mol. The summed E-state index contributed by atoms with van der Waals surface area (Å²) >= 11 is 0. The summed E-state index contributed by atoms with van der Waals surface area (Å²) in [7, 11) is 0. The molecule has 1 rings (SSSR count). The minimum Gasteiger partial charge on any atom is -0.397 e. The Labute approximate surface area is 73.8 Å². The fraction of sp³-hybridized carbons (Fsp3) is 0.500. The van der Waals surface area contributed by atoms with Gasteiger partial charge in [-0.1, -0.05) is 20.3 Å². The van der Waals surface area contributed by atoms with Crippen LogP contribution < -0.4 is 5.73 Å². The number of hydrogen-bond acceptors (Lipinski definition) is 2. The van der Waals surface area contributed by atoms with Gasteiger partial charge in [0.2, 0.25) is 0 Å². The molecule has 0 aromatic carbocycles. The first-order chi connectivity index (χ1) is 5.75. The van der Waals surface area contributed by atoms with Gasteiger partial charge in [-0.25, -0.2) is 0 Å². The molecule has 1 atom stereocenters. The third-order valence-corrected chi connectivity index (χ3v) is 2.14. The topological polar surface area (TPSA) is 38.9 Å². The van der Waals surface area contributed by atoms with Gasteiger partial charge < -0.3 is 5.73 Å². The van der Waals surface area contributed by atoms with Crippen molar-refractivity contribution >= 4 is 5.69 Å². The van der Waals surface area contributed by atoms with E-state index in [-0.39, 0.29) is 0 Å². The monoisotopic (exact) mass is 164 g/mol. The molecule has 0 aliphatic rings. The van der Waals surface area contributed by atoms with Gasteiger partial charge in [0.05, 0.1) is 11.9 Å². The van der Waals surface area contributed by atoms with E-state index in [1.165, 1.54) is 18.4 Å². The van der Waals surface area contributed by atoms with Crippen molar-refractivity contribution in [3.63, 3.8) is 0 Å². The maximum absolute atomic E-state index is 5.79. The second-order valence-corrected chi connectivity index (χ2v) is 3.19. The van der Waals surface area contributed by atoms with Crippen molar-refractivity contribution in [2.24, 2.45) is 0 Å². The highest BCUT2D eigenvalue weighted by molar-refractivity contribution is 5.45. The molecular formula is C10H16N2. The van der Waals surface area contributed by atoms with Crippen LogP contribution in [0.25, 0.3) is 0 Å². The highest BCUT2D eigenvalue weighted by atomic mass is 14.7. The molecule has 1 heterocycles. The average Bonchev–Trinajstić information content (AvgIpc) is 2.05. The molecule has 0 aliphatic carbocycles. The van der Waals surface area contributed by atoms with Gasteiger partial charge in [-0.3, -0.25) is 4.98 Å². The summed E-state index contributed by atoms with van der Waals surface area (Å²) in [4.78, 5) is 3.96. The Balaban J connectivity index is 2.79. The van der Waals surface area contributed by atoms with Gasteiger partial charge in [0.15, 0.2) is 0 Å². The summed E-state index contributed by atoms with van der Waals surface area (Å²) in [5.41, 5.74) is 7.84. The van der Waals surface area contributed by atoms with Gasteiger partial charge in [-0.15, -0.1) is 0 Å². The standard InChI is InChI=1S/C10H16N2/c1-3-4-8(2)9-5-6-12-7-10(9)11/h5-8H,3-4,11H2,1-2H3. The summed E-state index contributed by atoms with van der Waals surface area (Å²) in [5, 5.41) is 0. The lowest BCUT2D eigenvalue weighted by Crippen LogP contribution is -1.99. The lowest BCUT2D eigenvalue weighted by atomic mass is 9.96. The molecule has 2 N–H and O–H groups in total. The van der Waals surface area contributed by atoms with Crippen molar-refractivity contribution in [3.05, 3.63) is 24.0 Å². The second-order valence-electron chi connectivity index (χ2n) is 3.19. The van der Waals surface area contributed by atoms with Gasteiger partial charge >= 0.3 is 0 Å². The van der Waals surface area contributed by atoms with Crippen LogP contribution in [0, 0.1) is 0 Å². The molecule has 0 spiro atoms. The molecule has 0 saturated carbocycles. The van der Waals surface area contributed by atoms with E-state index >= 15 is 0 Å². The quantitative estimate of drug-likeness (QED) is 0.745. The Morgan fingerprint density at radius 3 is 2.92 bits per heavy atom. The zero-order chi connectivity index (χ0) is 8.97. The second kappa shape index (κ2) is 4.10. The number of nitrogens with two attached hydrogens (primary N) is 1. The number of rotatable bonds is 3. The number of nitrogens with zero attached hydrogens (tertiary/aromatic N) is 1. The Bertz CT molecular complexity index is 245. The third kappa shape index (κ3) is 1.97. The third-order valence-electron chi connectivity index (χ3n) is 2.14. The number of aromatic nitrogens is 1. The first kappa shape index (κ1) is 9.04. The SMILES string of the molecule is CCCC(C)c1ccncc1N. The maximum Gasteiger partial charge on any atom is 0.0535 e. The molecule has 0 fully saturated rings. The van der Waals surface area contributed by atoms with Crippen molar-refractivity contribution in [2.45, 2.75) is 32.6 Å². The number of pyridine rings is 1. The highest BCUT2D eigenvalue weighted by Crippen LogP contribution is 2.24. The number of nitrogen functional groups attached to an aromatic ring is 1. The van der Waals surface area contributed by atoms with E-state index in [0.29, 0.717) is 5.92 Å². The van der Waals surface area contributed by atoms with Gasteiger partial charge in [0.25, 0.3) is 0 Å². The van der Waals surface area contributed by atoms with Crippen LogP contribution >= 0.6 is 0 Å². The molecule has 1 aromatic rings. The van der Waals surface area contributed by atoms with Crippen LogP contribution in [-0.4, -0.2) is 4.98 Å². The Hall–Kier alpha value is -1.05. The largest absolute Gasteiger partial charge is 0.397 e. The lowest BCUT2D eigenvalue weighted by Gasteiger charge is -2.11. The molecule has 0 aliphatic heterocycles. The summed E-state index contributed by atoms with van der Waals surface area (Å²) in [5.74, 6) is 0.554. The van der Waals surface area contributed by atoms with Crippen molar-refractivity contribution in [2.75, 3.05) is 5.73 Å². The van der Waals surface area contributed by atoms with E-state index in [1.54, 1.807) is 12.4 Å². The molecule has 2 heteroatoms. The van der Waals surface area contributed by atoms with E-state index < -0.39 is 0 Å². The number of anilines is 1. The van der Waals surface area contributed by atoms with Crippen LogP contribution in [-0.2, 0) is 0 Å². The van der Waals surface area contributed by atoms with Crippen molar-refractivity contribution in [1.82, 2.24) is 4.98 Å². The summed E-state index contributed by atoms with van der Waals surface area (Å²) in [6, 6.07) is 2.01. The highest BCUT2D eigenvalue weighted by Gasteiger charge is 2.06. The predicted molar refractivity (Wildman–Crippen MR) is 52.0 cm³/mol. The van der Waals surface area contributed by atoms with E-state index in [2.05, 4.69) is 18.8 Å². The molecule has 1 unspecified atom stereocenters. The van der Waals surface area contributed by atoms with Crippen LogP contribution in [0.1, 0.15) is 38.2 Å². The van der Waals surface area contributed by atoms with Gasteiger partial charge in [-0.2, -0.15) is 0 Å². The smallest absolute Gasteiger partial charge is 0.0535 e. The van der Waals surface area contributed by atoms with E-state index in [0.717, 1.165) is 5.69 Å². The fourth-order valence-electron chi connectivity index (χ4n) is 1.45. The molecule has 12 heavy (non-hydrogen) atoms. The normalized spacial score (nSPS) is 12.8. The van der Waals surface area contributed by atoms with Crippen LogP contribution in [0.5, 0.6) is 0 Å². The predicted octanol–water partition coefficient (Wildman–Crippen LogP) is 2.57. The Morgan fingerprint density at radius 2 is 2.33 bits per heavy atom. The van der Waals surface area contributed by atoms with Crippen molar-refractivity contribution in [1.29, 1.82) is 0 Å². The number of hydrogen-bond donors (Lipinski definition) is 1. The Kier molecular flexibility index (Phi) is 3.09. The van der Waals surface area contributed by atoms with Crippen LogP contribution in [0.15, 0.2) is 18.5 Å². The fourth-order valence-corrected chi connectivity index (χ4v) is 1.45. The molecular weight excluding hydrogens is 148 g/mol. The summed E-state index contributed by atoms with van der Waals surface area (Å²) < 4.78 is 0. The zero-order valence-corrected chi connectivity index (χ0v) is 7.75. The molecule has 0 bridgehead atoms. The van der Waals surface area contributed by atoms with E-state index in [4.69, 9.17) is 5.73 Å². The van der Waals surface area contributed by atoms with Gasteiger partial charge in [0, 0.05) is 6.20 Å². The van der Waals surface area contributed by atoms with Crippen LogP contribution in [0.3, 0.4) is 0 Å². The van der Waals surface area contributed by atoms with Gasteiger partial charge in [0.1, 0.15) is 0 Å². The first-order valence-corrected chi connectivity index (χ1v) is 4.45. The lowest BCUT2D eigenvalue weighted by molar-refractivity contribution is 0.666. The molecule has 0 saturated heterocycles. The summed E-state index contributed by atoms with van der Waals surface area (Å²) in [6.07, 6.45) is 5.91. The van der Waals surface area contributed by atoms with E-state index in [1.807, 2.05) is 6.07 Å². The van der Waals surface area contributed by atoms with Crippen molar-refractivity contribution in [3.8, 4) is 0 Å². The van der Waals surface area contributed by atoms with Crippen LogP contribution in [0.4, 0.5) is 5.69 Å². The molecule has 0 amide bonds. The summed E-state index contributed by atoms with van der Waals surface area (Å²) in [6.45, 7) is 4.39. The minimum atomic E-state index is 0.554. The molecule has 2 nitrogen and oxygen atoms in total. The van der Waals surface area contributed by atoms with Crippen molar-refractivity contribution < 1.29 is 0 Å². The minimum absolute atomic E-state index is 0.554. The Morgan fingerprint density at radius 1 is 1.58 bits per heavy atom. The van der Waals surface area contributed by atoms with Gasteiger partial charge in [-0.05, 0) is 24.0 Å². The first-order valence-electron chi connectivity index (χ1n) is 4.45.